The molecule has 0 bridgehead atoms. The second-order valence-electron chi connectivity index (χ2n) is 7.66. The molecule has 2 aromatic carbocycles. The highest BCUT2D eigenvalue weighted by Crippen LogP contribution is 2.27. The maximum Gasteiger partial charge on any atom is 0.234 e. The summed E-state index contributed by atoms with van der Waals surface area (Å²) < 4.78 is 0. The van der Waals surface area contributed by atoms with Gasteiger partial charge in [0, 0.05) is 37.4 Å². The van der Waals surface area contributed by atoms with Gasteiger partial charge in [-0.3, -0.25) is 9.69 Å². The van der Waals surface area contributed by atoms with Crippen LogP contribution < -0.4 is 5.32 Å². The summed E-state index contributed by atoms with van der Waals surface area (Å²) in [5.41, 5.74) is 5.79. The first-order valence-electron chi connectivity index (χ1n) is 10.3. The Bertz CT molecular complexity index is 1120. The second kappa shape index (κ2) is 9.78. The lowest BCUT2D eigenvalue weighted by Crippen LogP contribution is -2.31. The van der Waals surface area contributed by atoms with Gasteiger partial charge in [-0.05, 0) is 35.7 Å². The fraction of sp³-hybridized carbons (Fsp3) is 0.240. The Morgan fingerprint density at radius 3 is 2.74 bits per heavy atom. The van der Waals surface area contributed by atoms with Gasteiger partial charge in [0.2, 0.25) is 5.91 Å². The topological polar surface area (TPSA) is 69.0 Å². The average Bonchev–Trinajstić information content (AvgIpc) is 2.79. The Morgan fingerprint density at radius 1 is 1.19 bits per heavy atom. The number of fused-ring (bicyclic) bond motifs is 1. The van der Waals surface area contributed by atoms with E-state index in [4.69, 9.17) is 4.98 Å². The van der Waals surface area contributed by atoms with Crippen molar-refractivity contribution >= 4 is 23.4 Å². The van der Waals surface area contributed by atoms with E-state index in [0.717, 1.165) is 48.6 Å². The Labute approximate surface area is 187 Å². The summed E-state index contributed by atoms with van der Waals surface area (Å²) in [6.45, 7) is 4.56. The number of aromatic nitrogens is 1. The van der Waals surface area contributed by atoms with Crippen molar-refractivity contribution in [2.24, 2.45) is 0 Å². The number of anilines is 1. The van der Waals surface area contributed by atoms with Gasteiger partial charge >= 0.3 is 0 Å². The van der Waals surface area contributed by atoms with E-state index in [1.165, 1.54) is 17.3 Å². The fourth-order valence-electron chi connectivity index (χ4n) is 3.71. The van der Waals surface area contributed by atoms with E-state index in [2.05, 4.69) is 40.6 Å². The van der Waals surface area contributed by atoms with Crippen molar-refractivity contribution in [3.05, 3.63) is 88.6 Å². The highest BCUT2D eigenvalue weighted by Gasteiger charge is 2.21. The number of nitrogens with one attached hydrogen (secondary N) is 1. The first-order valence-corrected chi connectivity index (χ1v) is 11.3. The lowest BCUT2D eigenvalue weighted by molar-refractivity contribution is -0.113. The molecule has 0 aliphatic carbocycles. The molecule has 1 amide bonds. The zero-order chi connectivity index (χ0) is 21.6. The van der Waals surface area contributed by atoms with Crippen LogP contribution in [0.25, 0.3) is 0 Å². The van der Waals surface area contributed by atoms with Crippen LogP contribution in [0.15, 0.2) is 65.7 Å². The predicted molar refractivity (Wildman–Crippen MR) is 124 cm³/mol. The third kappa shape index (κ3) is 5.32. The first kappa shape index (κ1) is 21.1. The zero-order valence-electron chi connectivity index (χ0n) is 17.5. The second-order valence-corrected chi connectivity index (χ2v) is 8.62. The van der Waals surface area contributed by atoms with Crippen molar-refractivity contribution in [2.45, 2.75) is 31.5 Å². The highest BCUT2D eigenvalue weighted by molar-refractivity contribution is 8.00. The number of para-hydroxylation sites is 1. The molecule has 156 valence electrons. The molecule has 6 heteroatoms. The van der Waals surface area contributed by atoms with Crippen LogP contribution in [0.1, 0.15) is 27.9 Å². The van der Waals surface area contributed by atoms with Crippen molar-refractivity contribution in [3.63, 3.8) is 0 Å². The van der Waals surface area contributed by atoms with E-state index in [0.29, 0.717) is 10.6 Å². The molecule has 0 unspecified atom stereocenters. The molecule has 1 N–H and O–H groups in total. The normalized spacial score (nSPS) is 13.3. The number of hydrogen-bond donors (Lipinski definition) is 1. The zero-order valence-corrected chi connectivity index (χ0v) is 18.3. The standard InChI is InChI=1S/C25H24N4OS/c1-18-7-5-6-10-22(18)27-24(30)17-31-25-20(14-26)13-21-16-29(12-11-23(21)28-25)15-19-8-3-2-4-9-19/h2-10,13H,11-12,15-17H2,1H3,(H,27,30). The molecule has 0 spiro atoms. The maximum atomic E-state index is 12.4. The number of nitriles is 1. The van der Waals surface area contributed by atoms with Crippen molar-refractivity contribution in [1.29, 1.82) is 5.26 Å². The van der Waals surface area contributed by atoms with Crippen LogP contribution in [0.4, 0.5) is 5.69 Å². The molecule has 1 aromatic heterocycles. The van der Waals surface area contributed by atoms with Gasteiger partial charge in [0.1, 0.15) is 11.1 Å². The van der Waals surface area contributed by atoms with Gasteiger partial charge in [0.15, 0.2) is 0 Å². The van der Waals surface area contributed by atoms with Crippen LogP contribution >= 0.6 is 11.8 Å². The summed E-state index contributed by atoms with van der Waals surface area (Å²) in [4.78, 5) is 19.5. The molecule has 5 nitrogen and oxygen atoms in total. The predicted octanol–water partition coefficient (Wildman–Crippen LogP) is 4.55. The molecule has 1 aliphatic heterocycles. The number of benzene rings is 2. The van der Waals surface area contributed by atoms with Gasteiger partial charge in [0.05, 0.1) is 11.3 Å². The minimum Gasteiger partial charge on any atom is -0.325 e. The SMILES string of the molecule is Cc1ccccc1NC(=O)CSc1nc2c(cc1C#N)CN(Cc1ccccc1)CC2. The summed E-state index contributed by atoms with van der Waals surface area (Å²) in [5.74, 6) is 0.117. The number of rotatable bonds is 6. The van der Waals surface area contributed by atoms with E-state index >= 15 is 0 Å². The monoisotopic (exact) mass is 428 g/mol. The number of pyridine rings is 1. The Balaban J connectivity index is 1.41. The Hall–Kier alpha value is -3.14. The van der Waals surface area contributed by atoms with Crippen LogP contribution in [0.5, 0.6) is 0 Å². The molecule has 31 heavy (non-hydrogen) atoms. The number of nitrogens with zero attached hydrogens (tertiary/aromatic N) is 3. The van der Waals surface area contributed by atoms with E-state index in [-0.39, 0.29) is 11.7 Å². The van der Waals surface area contributed by atoms with Gasteiger partial charge in [-0.1, -0.05) is 60.3 Å². The molecule has 4 rings (SSSR count). The third-order valence-electron chi connectivity index (χ3n) is 5.34. The summed E-state index contributed by atoms with van der Waals surface area (Å²) in [5, 5.41) is 13.2. The van der Waals surface area contributed by atoms with Crippen molar-refractivity contribution < 1.29 is 4.79 Å². The molecule has 0 fully saturated rings. The summed E-state index contributed by atoms with van der Waals surface area (Å²) in [6, 6.07) is 22.3. The fourth-order valence-corrected chi connectivity index (χ4v) is 4.49. The molecular formula is C25H24N4OS. The Morgan fingerprint density at radius 2 is 1.97 bits per heavy atom. The van der Waals surface area contributed by atoms with Crippen LogP contribution in [-0.4, -0.2) is 28.1 Å². The lowest BCUT2D eigenvalue weighted by Gasteiger charge is -2.28. The van der Waals surface area contributed by atoms with Crippen LogP contribution in [-0.2, 0) is 24.3 Å². The molecule has 2 heterocycles. The smallest absolute Gasteiger partial charge is 0.234 e. The van der Waals surface area contributed by atoms with Crippen LogP contribution in [0, 0.1) is 18.3 Å². The quantitative estimate of drug-likeness (QED) is 0.583. The molecule has 0 saturated carbocycles. The van der Waals surface area contributed by atoms with Crippen LogP contribution in [0.2, 0.25) is 0 Å². The van der Waals surface area contributed by atoms with Gasteiger partial charge < -0.3 is 5.32 Å². The molecule has 3 aromatic rings. The van der Waals surface area contributed by atoms with Gasteiger partial charge in [-0.25, -0.2) is 4.98 Å². The molecule has 0 radical (unpaired) electrons. The van der Waals surface area contributed by atoms with E-state index < -0.39 is 0 Å². The third-order valence-corrected chi connectivity index (χ3v) is 6.33. The minimum absolute atomic E-state index is 0.100. The molecular weight excluding hydrogens is 404 g/mol. The lowest BCUT2D eigenvalue weighted by atomic mass is 10.0. The Kier molecular flexibility index (Phi) is 6.66. The minimum atomic E-state index is -0.100. The largest absolute Gasteiger partial charge is 0.325 e. The molecule has 0 atom stereocenters. The van der Waals surface area contributed by atoms with E-state index in [1.54, 1.807) is 0 Å². The van der Waals surface area contributed by atoms with Crippen molar-refractivity contribution in [3.8, 4) is 6.07 Å². The van der Waals surface area contributed by atoms with E-state index in [9.17, 15) is 10.1 Å². The summed E-state index contributed by atoms with van der Waals surface area (Å²) >= 11 is 1.32. The first-order chi connectivity index (χ1) is 15.1. The van der Waals surface area contributed by atoms with Gasteiger partial charge in [-0.15, -0.1) is 0 Å². The number of aryl methyl sites for hydroxylation is 1. The average molecular weight is 429 g/mol. The number of amides is 1. The summed E-state index contributed by atoms with van der Waals surface area (Å²) in [6.07, 6.45) is 0.844. The van der Waals surface area contributed by atoms with Crippen molar-refractivity contribution in [2.75, 3.05) is 17.6 Å². The molecule has 1 aliphatic rings. The highest BCUT2D eigenvalue weighted by atomic mass is 32.2. The molecule has 0 saturated heterocycles. The van der Waals surface area contributed by atoms with Crippen molar-refractivity contribution in [1.82, 2.24) is 9.88 Å². The van der Waals surface area contributed by atoms with Gasteiger partial charge in [0.25, 0.3) is 0 Å². The maximum absolute atomic E-state index is 12.4. The van der Waals surface area contributed by atoms with E-state index in [1.807, 2.05) is 43.3 Å². The van der Waals surface area contributed by atoms with Gasteiger partial charge in [-0.2, -0.15) is 5.26 Å². The number of carbonyl (C=O) groups excluding carboxylic acids is 1. The van der Waals surface area contributed by atoms with Crippen LogP contribution in [0.3, 0.4) is 0 Å². The number of thioether (sulfide) groups is 1. The number of carbonyl (C=O) groups is 1. The summed E-state index contributed by atoms with van der Waals surface area (Å²) in [7, 11) is 0. The number of hydrogen-bond acceptors (Lipinski definition) is 5.